The van der Waals surface area contributed by atoms with Gasteiger partial charge in [-0.25, -0.2) is 4.79 Å². The summed E-state index contributed by atoms with van der Waals surface area (Å²) in [6, 6.07) is 17.5. The quantitative estimate of drug-likeness (QED) is 0.400. The van der Waals surface area contributed by atoms with Gasteiger partial charge in [0, 0.05) is 6.54 Å². The fourth-order valence-corrected chi connectivity index (χ4v) is 7.09. The van der Waals surface area contributed by atoms with Gasteiger partial charge in [0.15, 0.2) is 11.6 Å². The van der Waals surface area contributed by atoms with Crippen LogP contribution >= 0.6 is 0 Å². The number of amides is 1. The van der Waals surface area contributed by atoms with Crippen LogP contribution in [0.4, 0.5) is 0 Å². The summed E-state index contributed by atoms with van der Waals surface area (Å²) in [5.41, 5.74) is 1.55. The van der Waals surface area contributed by atoms with Gasteiger partial charge in [0.05, 0.1) is 35.2 Å². The molecule has 242 valence electrons. The number of benzene rings is 2. The maximum absolute atomic E-state index is 12.6. The number of hydrogen-bond donors (Lipinski definition) is 1. The molecule has 1 amide bonds. The first-order valence-corrected chi connectivity index (χ1v) is 15.8. The van der Waals surface area contributed by atoms with Crippen LogP contribution in [0.5, 0.6) is 0 Å². The van der Waals surface area contributed by atoms with Crippen LogP contribution < -0.4 is 10.2 Å². The average molecular weight is 621 g/mol. The van der Waals surface area contributed by atoms with E-state index < -0.39 is 17.0 Å². The Morgan fingerprint density at radius 2 is 1.29 bits per heavy atom. The number of para-hydroxylation sites is 1. The molecule has 4 aliphatic rings. The molecule has 3 heterocycles. The van der Waals surface area contributed by atoms with Crippen molar-refractivity contribution in [2.24, 2.45) is 10.8 Å². The third-order valence-corrected chi connectivity index (χ3v) is 9.25. The van der Waals surface area contributed by atoms with Gasteiger partial charge in [-0.3, -0.25) is 4.79 Å². The molecular weight excluding hydrogens is 576 g/mol. The van der Waals surface area contributed by atoms with Gasteiger partial charge in [0.2, 0.25) is 5.91 Å². The second kappa shape index (κ2) is 11.8. The van der Waals surface area contributed by atoms with E-state index in [4.69, 9.17) is 23.8 Å². The molecule has 45 heavy (non-hydrogen) atoms. The van der Waals surface area contributed by atoms with Gasteiger partial charge in [0.25, 0.3) is 0 Å². The molecule has 2 aliphatic heterocycles. The molecule has 2 saturated carbocycles. The first-order chi connectivity index (χ1) is 21.2. The van der Waals surface area contributed by atoms with Crippen LogP contribution in [-0.4, -0.2) is 69.6 Å². The summed E-state index contributed by atoms with van der Waals surface area (Å²) in [6.45, 7) is 12.2. The minimum absolute atomic E-state index is 0.0415. The number of nitrogens with one attached hydrogen (secondary N) is 1. The van der Waals surface area contributed by atoms with E-state index in [0.717, 1.165) is 19.3 Å². The highest BCUT2D eigenvalue weighted by Gasteiger charge is 2.56. The Bertz CT molecular complexity index is 1510. The van der Waals surface area contributed by atoms with Gasteiger partial charge in [-0.15, -0.1) is 5.10 Å². The number of carbonyl (C=O) groups excluding carboxylic acids is 2. The first-order valence-electron chi connectivity index (χ1n) is 15.8. The second-order valence-corrected chi connectivity index (χ2v) is 14.2. The predicted octanol–water partition coefficient (Wildman–Crippen LogP) is 4.37. The molecule has 2 aliphatic carbocycles. The molecule has 4 fully saturated rings. The van der Waals surface area contributed by atoms with Crippen LogP contribution in [-0.2, 0) is 35.0 Å². The van der Waals surface area contributed by atoms with E-state index in [1.165, 1.54) is 10.4 Å². The molecule has 11 heteroatoms. The fourth-order valence-electron chi connectivity index (χ4n) is 7.09. The summed E-state index contributed by atoms with van der Waals surface area (Å²) in [4.78, 5) is 31.8. The molecule has 0 spiro atoms. The molecule has 0 radical (unpaired) electrons. The number of aromatic nitrogens is 3. The number of rotatable bonds is 6. The van der Waals surface area contributed by atoms with Crippen molar-refractivity contribution in [2.75, 3.05) is 6.54 Å². The molecule has 2 aromatic carbocycles. The summed E-state index contributed by atoms with van der Waals surface area (Å²) >= 11 is 0. The van der Waals surface area contributed by atoms with Gasteiger partial charge in [0.1, 0.15) is 11.0 Å². The van der Waals surface area contributed by atoms with Crippen LogP contribution in [0, 0.1) is 10.8 Å². The standard InChI is InChI=1S/C18H25NO3.C16H19N3O4/c1-17(2)21-14-11-18(3,12-15(14)22-17)16(20)19-10-9-13-7-5-4-6-8-13;1-15(2)21-12-8-16(3,9-13(12)22-15)14(20)23-19-11-7-5-4-6-10(11)17-18-19/h4-8,14-15H,9-12H2,1-3H3,(H,19,20);4-7,12-13H,8-9H2,1-3H3. The minimum Gasteiger partial charge on any atom is -0.355 e. The van der Waals surface area contributed by atoms with E-state index in [-0.39, 0.29) is 41.7 Å². The first kappa shape index (κ1) is 31.6. The molecule has 11 nitrogen and oxygen atoms in total. The van der Waals surface area contributed by atoms with Gasteiger partial charge in [-0.2, -0.15) is 0 Å². The van der Waals surface area contributed by atoms with E-state index in [1.54, 1.807) is 0 Å². The van der Waals surface area contributed by atoms with Crippen LogP contribution in [0.1, 0.15) is 72.8 Å². The van der Waals surface area contributed by atoms with E-state index in [2.05, 4.69) is 27.8 Å². The van der Waals surface area contributed by atoms with Crippen molar-refractivity contribution >= 4 is 22.9 Å². The maximum atomic E-state index is 12.6. The van der Waals surface area contributed by atoms with Crippen LogP contribution in [0.3, 0.4) is 0 Å². The fraction of sp³-hybridized carbons (Fsp3) is 0.588. The van der Waals surface area contributed by atoms with Crippen molar-refractivity contribution in [2.45, 2.75) is 110 Å². The third-order valence-electron chi connectivity index (χ3n) is 9.25. The largest absolute Gasteiger partial charge is 0.355 e. The zero-order chi connectivity index (χ0) is 32.0. The van der Waals surface area contributed by atoms with E-state index in [1.807, 2.05) is 84.0 Å². The number of hydrogen-bond acceptors (Lipinski definition) is 9. The lowest BCUT2D eigenvalue weighted by Crippen LogP contribution is -2.40. The molecule has 7 rings (SSSR count). The second-order valence-electron chi connectivity index (χ2n) is 14.2. The molecule has 2 saturated heterocycles. The summed E-state index contributed by atoms with van der Waals surface area (Å²) < 4.78 is 23.5. The van der Waals surface area contributed by atoms with Crippen molar-refractivity contribution in [3.05, 3.63) is 60.2 Å². The van der Waals surface area contributed by atoms with Crippen LogP contribution in [0.25, 0.3) is 11.0 Å². The van der Waals surface area contributed by atoms with Crippen LogP contribution in [0.2, 0.25) is 0 Å². The average Bonchev–Trinajstić information content (AvgIpc) is 3.73. The third kappa shape index (κ3) is 6.77. The SMILES string of the molecule is CC1(C)OC2CC(C)(C(=O)NCCc3ccccc3)CC2O1.CC1(C)OC2CC(C)(C(=O)On3nnc4ccccc43)CC2O1. The van der Waals surface area contributed by atoms with Gasteiger partial charge in [-0.1, -0.05) is 54.2 Å². The minimum atomic E-state index is -0.654. The number of ether oxygens (including phenoxy) is 4. The van der Waals surface area contributed by atoms with E-state index in [0.29, 0.717) is 30.4 Å². The lowest BCUT2D eigenvalue weighted by molar-refractivity contribution is -0.172. The summed E-state index contributed by atoms with van der Waals surface area (Å²) in [5.74, 6) is -1.32. The summed E-state index contributed by atoms with van der Waals surface area (Å²) in [6.07, 6.45) is 3.41. The van der Waals surface area contributed by atoms with Crippen molar-refractivity contribution in [1.82, 2.24) is 20.5 Å². The van der Waals surface area contributed by atoms with E-state index >= 15 is 0 Å². The summed E-state index contributed by atoms with van der Waals surface area (Å²) in [7, 11) is 0. The molecular formula is C34H44N4O7. The Balaban J connectivity index is 0.000000159. The molecule has 4 atom stereocenters. The van der Waals surface area contributed by atoms with Gasteiger partial charge >= 0.3 is 5.97 Å². The molecule has 1 N–H and O–H groups in total. The lowest BCUT2D eigenvalue weighted by Gasteiger charge is -2.26. The zero-order valence-electron chi connectivity index (χ0n) is 26.9. The van der Waals surface area contributed by atoms with Crippen molar-refractivity contribution in [1.29, 1.82) is 0 Å². The predicted molar refractivity (Wildman–Crippen MR) is 165 cm³/mol. The normalized spacial score (nSPS) is 32.4. The number of fused-ring (bicyclic) bond motifs is 3. The van der Waals surface area contributed by atoms with Gasteiger partial charge < -0.3 is 29.1 Å². The van der Waals surface area contributed by atoms with Crippen molar-refractivity contribution in [3.8, 4) is 0 Å². The highest BCUT2D eigenvalue weighted by molar-refractivity contribution is 5.83. The van der Waals surface area contributed by atoms with Crippen molar-refractivity contribution in [3.63, 3.8) is 0 Å². The number of carbonyl (C=O) groups is 2. The van der Waals surface area contributed by atoms with Gasteiger partial charge in [-0.05, 0) is 89.6 Å². The summed E-state index contributed by atoms with van der Waals surface area (Å²) in [5, 5.41) is 11.0. The molecule has 0 bridgehead atoms. The Morgan fingerprint density at radius 3 is 1.87 bits per heavy atom. The van der Waals surface area contributed by atoms with Crippen LogP contribution in [0.15, 0.2) is 54.6 Å². The zero-order valence-corrected chi connectivity index (χ0v) is 26.9. The van der Waals surface area contributed by atoms with Crippen molar-refractivity contribution < 1.29 is 33.4 Å². The Kier molecular flexibility index (Phi) is 8.26. The Morgan fingerprint density at radius 1 is 0.778 bits per heavy atom. The number of nitrogens with zero attached hydrogens (tertiary/aromatic N) is 3. The smallest absolute Gasteiger partial charge is 0.341 e. The highest BCUT2D eigenvalue weighted by Crippen LogP contribution is 2.48. The monoisotopic (exact) mass is 620 g/mol. The molecule has 1 aromatic heterocycles. The Hall–Kier alpha value is -3.38. The topological polar surface area (TPSA) is 123 Å². The highest BCUT2D eigenvalue weighted by atomic mass is 16.8. The molecule has 3 aromatic rings. The lowest BCUT2D eigenvalue weighted by atomic mass is 9.87. The maximum Gasteiger partial charge on any atom is 0.341 e. The molecule has 4 unspecified atom stereocenters. The Labute approximate surface area is 263 Å². The van der Waals surface area contributed by atoms with E-state index in [9.17, 15) is 9.59 Å².